The Morgan fingerprint density at radius 3 is 2.70 bits per heavy atom. The highest BCUT2D eigenvalue weighted by Gasteiger charge is 2.11. The fraction of sp³-hybridized carbons (Fsp3) is 0.316. The lowest BCUT2D eigenvalue weighted by Gasteiger charge is -2.11. The van der Waals surface area contributed by atoms with Crippen LogP contribution < -0.4 is 14.8 Å². The third-order valence-corrected chi connectivity index (χ3v) is 4.08. The van der Waals surface area contributed by atoms with E-state index in [-0.39, 0.29) is 12.5 Å². The van der Waals surface area contributed by atoms with Crippen LogP contribution in [-0.4, -0.2) is 19.6 Å². The van der Waals surface area contributed by atoms with Crippen molar-refractivity contribution in [1.82, 2.24) is 5.32 Å². The lowest BCUT2D eigenvalue weighted by Crippen LogP contribution is -2.28. The molecule has 0 atom stereocenters. The normalized spacial score (nSPS) is 12.6. The fourth-order valence-electron chi connectivity index (χ4n) is 2.87. The Hall–Kier alpha value is -2.49. The third-order valence-electron chi connectivity index (χ3n) is 4.08. The summed E-state index contributed by atoms with van der Waals surface area (Å²) < 4.78 is 10.7. The summed E-state index contributed by atoms with van der Waals surface area (Å²) >= 11 is 0. The number of fused-ring (bicyclic) bond motifs is 1. The van der Waals surface area contributed by atoms with Crippen LogP contribution >= 0.6 is 0 Å². The summed E-state index contributed by atoms with van der Waals surface area (Å²) in [5.41, 5.74) is 4.00. The van der Waals surface area contributed by atoms with Crippen LogP contribution in [-0.2, 0) is 24.2 Å². The molecule has 0 unspecified atom stereocenters. The molecule has 4 heteroatoms. The lowest BCUT2D eigenvalue weighted by atomic mass is 10.1. The van der Waals surface area contributed by atoms with Gasteiger partial charge in [0.25, 0.3) is 5.91 Å². The largest absolute Gasteiger partial charge is 0.493 e. The first-order chi connectivity index (χ1) is 11.3. The Kier molecular flexibility index (Phi) is 4.81. The van der Waals surface area contributed by atoms with Gasteiger partial charge < -0.3 is 14.8 Å². The zero-order chi connectivity index (χ0) is 16.1. The van der Waals surface area contributed by atoms with Crippen LogP contribution in [0.4, 0.5) is 0 Å². The molecule has 120 valence electrons. The first-order valence-corrected chi connectivity index (χ1v) is 7.89. The van der Waals surface area contributed by atoms with E-state index in [2.05, 4.69) is 23.5 Å². The number of hydrogen-bond acceptors (Lipinski definition) is 3. The number of carbonyl (C=O) groups is 1. The summed E-state index contributed by atoms with van der Waals surface area (Å²) in [6, 6.07) is 13.8. The highest BCUT2D eigenvalue weighted by Crippen LogP contribution is 2.25. The Bertz CT molecular complexity index is 697. The molecule has 2 aromatic rings. The first-order valence-electron chi connectivity index (χ1n) is 7.89. The van der Waals surface area contributed by atoms with Crippen molar-refractivity contribution in [3.63, 3.8) is 0 Å². The first kappa shape index (κ1) is 15.4. The molecule has 0 saturated heterocycles. The molecule has 4 nitrogen and oxygen atoms in total. The van der Waals surface area contributed by atoms with Gasteiger partial charge in [-0.15, -0.1) is 0 Å². The fourth-order valence-corrected chi connectivity index (χ4v) is 2.87. The summed E-state index contributed by atoms with van der Waals surface area (Å²) in [6.07, 6.45) is 3.56. The van der Waals surface area contributed by atoms with Crippen molar-refractivity contribution in [2.24, 2.45) is 0 Å². The van der Waals surface area contributed by atoms with Crippen LogP contribution in [0.3, 0.4) is 0 Å². The predicted molar refractivity (Wildman–Crippen MR) is 88.8 cm³/mol. The lowest BCUT2D eigenvalue weighted by molar-refractivity contribution is -0.123. The molecule has 1 aliphatic rings. The van der Waals surface area contributed by atoms with Gasteiger partial charge in [-0.3, -0.25) is 4.79 Å². The number of methoxy groups -OCH3 is 1. The minimum absolute atomic E-state index is 0.0225. The molecule has 23 heavy (non-hydrogen) atoms. The Labute approximate surface area is 136 Å². The second-order valence-corrected chi connectivity index (χ2v) is 5.67. The van der Waals surface area contributed by atoms with E-state index in [4.69, 9.17) is 9.47 Å². The maximum Gasteiger partial charge on any atom is 0.258 e. The number of para-hydroxylation sites is 2. The van der Waals surface area contributed by atoms with E-state index < -0.39 is 0 Å². The summed E-state index contributed by atoms with van der Waals surface area (Å²) in [5.74, 6) is 1.05. The maximum absolute atomic E-state index is 11.9. The SMILES string of the molecule is COc1ccccc1OCC(=O)NCc1ccc2c(c1)CCC2. The molecule has 0 saturated carbocycles. The van der Waals surface area contributed by atoms with Gasteiger partial charge in [0, 0.05) is 6.54 Å². The van der Waals surface area contributed by atoms with E-state index >= 15 is 0 Å². The van der Waals surface area contributed by atoms with Crippen LogP contribution in [0.25, 0.3) is 0 Å². The van der Waals surface area contributed by atoms with Crippen LogP contribution in [0.2, 0.25) is 0 Å². The molecular formula is C19H21NO3. The predicted octanol–water partition coefficient (Wildman–Crippen LogP) is 2.88. The molecule has 1 amide bonds. The van der Waals surface area contributed by atoms with Gasteiger partial charge >= 0.3 is 0 Å². The van der Waals surface area contributed by atoms with Crippen LogP contribution in [0.1, 0.15) is 23.1 Å². The Morgan fingerprint density at radius 2 is 1.87 bits per heavy atom. The second-order valence-electron chi connectivity index (χ2n) is 5.67. The summed E-state index contributed by atoms with van der Waals surface area (Å²) in [7, 11) is 1.58. The number of rotatable bonds is 6. The quantitative estimate of drug-likeness (QED) is 0.892. The summed E-state index contributed by atoms with van der Waals surface area (Å²) in [6.45, 7) is 0.507. The van der Waals surface area contributed by atoms with Gasteiger partial charge in [0.15, 0.2) is 18.1 Å². The standard InChI is InChI=1S/C19H21NO3/c1-22-17-7-2-3-8-18(17)23-13-19(21)20-12-14-9-10-15-5-4-6-16(15)11-14/h2-3,7-11H,4-6,12-13H2,1H3,(H,20,21). The average molecular weight is 311 g/mol. The summed E-state index contributed by atoms with van der Waals surface area (Å²) in [4.78, 5) is 11.9. The number of ether oxygens (including phenoxy) is 2. The number of carbonyl (C=O) groups excluding carboxylic acids is 1. The van der Waals surface area contributed by atoms with Gasteiger partial charge in [-0.25, -0.2) is 0 Å². The number of aryl methyl sites for hydroxylation is 2. The third kappa shape index (κ3) is 3.83. The molecular weight excluding hydrogens is 290 g/mol. The monoisotopic (exact) mass is 311 g/mol. The van der Waals surface area contributed by atoms with Crippen molar-refractivity contribution in [3.8, 4) is 11.5 Å². The minimum atomic E-state index is -0.142. The van der Waals surface area contributed by atoms with Crippen LogP contribution in [0, 0.1) is 0 Å². The molecule has 0 aliphatic heterocycles. The van der Waals surface area contributed by atoms with Gasteiger partial charge in [0.1, 0.15) is 0 Å². The van der Waals surface area contributed by atoms with Crippen molar-refractivity contribution in [1.29, 1.82) is 0 Å². The Balaban J connectivity index is 1.50. The zero-order valence-electron chi connectivity index (χ0n) is 13.3. The number of hydrogen-bond donors (Lipinski definition) is 1. The van der Waals surface area contributed by atoms with Crippen LogP contribution in [0.5, 0.6) is 11.5 Å². The molecule has 0 radical (unpaired) electrons. The minimum Gasteiger partial charge on any atom is -0.493 e. The topological polar surface area (TPSA) is 47.6 Å². The number of benzene rings is 2. The molecule has 0 spiro atoms. The molecule has 1 N–H and O–H groups in total. The highest BCUT2D eigenvalue weighted by molar-refractivity contribution is 5.77. The molecule has 2 aromatic carbocycles. The van der Waals surface area contributed by atoms with Gasteiger partial charge in [-0.1, -0.05) is 30.3 Å². The summed E-state index contributed by atoms with van der Waals surface area (Å²) in [5, 5.41) is 2.89. The average Bonchev–Trinajstić information content (AvgIpc) is 3.06. The highest BCUT2D eigenvalue weighted by atomic mass is 16.5. The van der Waals surface area contributed by atoms with E-state index in [1.165, 1.54) is 24.0 Å². The number of nitrogens with one attached hydrogen (secondary N) is 1. The van der Waals surface area contributed by atoms with E-state index in [9.17, 15) is 4.79 Å². The van der Waals surface area contributed by atoms with Gasteiger partial charge in [-0.2, -0.15) is 0 Å². The number of amides is 1. The van der Waals surface area contributed by atoms with E-state index in [0.717, 1.165) is 12.0 Å². The van der Waals surface area contributed by atoms with Crippen LogP contribution in [0.15, 0.2) is 42.5 Å². The van der Waals surface area contributed by atoms with E-state index in [0.29, 0.717) is 18.0 Å². The van der Waals surface area contributed by atoms with Gasteiger partial charge in [-0.05, 0) is 48.1 Å². The van der Waals surface area contributed by atoms with Gasteiger partial charge in [0.2, 0.25) is 0 Å². The molecule has 0 fully saturated rings. The van der Waals surface area contributed by atoms with Crippen molar-refractivity contribution in [3.05, 3.63) is 59.2 Å². The maximum atomic E-state index is 11.9. The molecule has 1 aliphatic carbocycles. The van der Waals surface area contributed by atoms with Crippen molar-refractivity contribution < 1.29 is 14.3 Å². The molecule has 0 bridgehead atoms. The van der Waals surface area contributed by atoms with Crippen molar-refractivity contribution in [2.75, 3.05) is 13.7 Å². The second kappa shape index (κ2) is 7.18. The Morgan fingerprint density at radius 1 is 1.09 bits per heavy atom. The van der Waals surface area contributed by atoms with Crippen molar-refractivity contribution in [2.45, 2.75) is 25.8 Å². The zero-order valence-corrected chi connectivity index (χ0v) is 13.3. The molecule has 0 heterocycles. The molecule has 3 rings (SSSR count). The van der Waals surface area contributed by atoms with Crippen molar-refractivity contribution >= 4 is 5.91 Å². The molecule has 0 aromatic heterocycles. The van der Waals surface area contributed by atoms with E-state index in [1.54, 1.807) is 19.2 Å². The van der Waals surface area contributed by atoms with Gasteiger partial charge in [0.05, 0.1) is 7.11 Å². The van der Waals surface area contributed by atoms with E-state index in [1.807, 2.05) is 12.1 Å². The smallest absolute Gasteiger partial charge is 0.258 e.